The van der Waals surface area contributed by atoms with Crippen molar-refractivity contribution in [3.8, 4) is 22.3 Å². The van der Waals surface area contributed by atoms with Gasteiger partial charge in [-0.3, -0.25) is 0 Å². The molecule has 3 heterocycles. The lowest BCUT2D eigenvalue weighted by Crippen LogP contribution is -2.33. The van der Waals surface area contributed by atoms with Gasteiger partial charge in [-0.25, -0.2) is 9.98 Å². The number of furan rings is 2. The standard InChI is InChI=1S/C45H29N3O2/c1-3-11-28(12-4-1)29-21-23-31(24-22-29)44-46-43(30-13-5-2-6-14-30)47-45(48-44)36-18-10-20-40-41(36)37-27-32(25-26-39(37)49-40)33-16-9-17-35-34-15-7-8-19-38(34)50-42(33)35/h1-27,44H,(H,46,47,48). The third kappa shape index (κ3) is 4.71. The lowest BCUT2D eigenvalue weighted by molar-refractivity contribution is 0.668. The van der Waals surface area contributed by atoms with Gasteiger partial charge < -0.3 is 14.2 Å². The molecule has 0 bridgehead atoms. The van der Waals surface area contributed by atoms with Crippen molar-refractivity contribution in [3.63, 3.8) is 0 Å². The van der Waals surface area contributed by atoms with E-state index in [0.29, 0.717) is 5.84 Å². The number of rotatable bonds is 5. The van der Waals surface area contributed by atoms with Gasteiger partial charge in [-0.15, -0.1) is 0 Å². The van der Waals surface area contributed by atoms with Gasteiger partial charge in [-0.2, -0.15) is 0 Å². The van der Waals surface area contributed by atoms with Crippen LogP contribution in [0.2, 0.25) is 0 Å². The average Bonchev–Trinajstić information content (AvgIpc) is 3.77. The number of para-hydroxylation sites is 2. The maximum Gasteiger partial charge on any atom is 0.160 e. The van der Waals surface area contributed by atoms with Crippen LogP contribution < -0.4 is 5.32 Å². The normalized spacial score (nSPS) is 14.6. The first-order chi connectivity index (χ1) is 24.8. The van der Waals surface area contributed by atoms with Crippen molar-refractivity contribution in [1.82, 2.24) is 5.32 Å². The summed E-state index contributed by atoms with van der Waals surface area (Å²) >= 11 is 0. The number of nitrogens with zero attached hydrogens (tertiary/aromatic N) is 2. The number of nitrogens with one attached hydrogen (secondary N) is 1. The summed E-state index contributed by atoms with van der Waals surface area (Å²) < 4.78 is 12.9. The first-order valence-corrected chi connectivity index (χ1v) is 16.8. The van der Waals surface area contributed by atoms with Gasteiger partial charge in [0.05, 0.1) is 0 Å². The molecule has 50 heavy (non-hydrogen) atoms. The van der Waals surface area contributed by atoms with Crippen LogP contribution in [-0.2, 0) is 0 Å². The molecule has 1 atom stereocenters. The fraction of sp³-hybridized carbons (Fsp3) is 0.0222. The largest absolute Gasteiger partial charge is 0.456 e. The zero-order valence-electron chi connectivity index (χ0n) is 26.9. The predicted molar refractivity (Wildman–Crippen MR) is 204 cm³/mol. The molecule has 2 aromatic heterocycles. The molecule has 0 saturated heterocycles. The second-order valence-electron chi connectivity index (χ2n) is 12.6. The van der Waals surface area contributed by atoms with Crippen LogP contribution in [0.4, 0.5) is 0 Å². The molecule has 0 saturated carbocycles. The highest BCUT2D eigenvalue weighted by Crippen LogP contribution is 2.39. The molecule has 1 aliphatic rings. The molecule has 1 aliphatic heterocycles. The lowest BCUT2D eigenvalue weighted by Gasteiger charge is -2.24. The molecule has 7 aromatic carbocycles. The van der Waals surface area contributed by atoms with Gasteiger partial charge in [-0.05, 0) is 46.5 Å². The zero-order valence-corrected chi connectivity index (χ0v) is 26.9. The van der Waals surface area contributed by atoms with Crippen molar-refractivity contribution in [1.29, 1.82) is 0 Å². The number of benzene rings is 7. The van der Waals surface area contributed by atoms with Crippen LogP contribution in [0.1, 0.15) is 22.9 Å². The fourth-order valence-corrected chi connectivity index (χ4v) is 7.13. The van der Waals surface area contributed by atoms with E-state index in [2.05, 4.69) is 121 Å². The molecular weight excluding hydrogens is 615 g/mol. The Morgan fingerprint density at radius 2 is 1.10 bits per heavy atom. The van der Waals surface area contributed by atoms with E-state index in [-0.39, 0.29) is 6.17 Å². The maximum absolute atomic E-state index is 6.45. The molecule has 0 aliphatic carbocycles. The molecule has 1 unspecified atom stereocenters. The Balaban J connectivity index is 1.13. The van der Waals surface area contributed by atoms with Crippen molar-refractivity contribution in [2.75, 3.05) is 0 Å². The summed E-state index contributed by atoms with van der Waals surface area (Å²) in [6, 6.07) is 56.3. The lowest BCUT2D eigenvalue weighted by atomic mass is 9.98. The molecule has 0 spiro atoms. The quantitative estimate of drug-likeness (QED) is 0.203. The van der Waals surface area contributed by atoms with E-state index in [1.54, 1.807) is 0 Å². The number of amidine groups is 2. The maximum atomic E-state index is 6.45. The van der Waals surface area contributed by atoms with Gasteiger partial charge in [0.25, 0.3) is 0 Å². The molecule has 5 nitrogen and oxygen atoms in total. The van der Waals surface area contributed by atoms with Crippen LogP contribution in [0.15, 0.2) is 183 Å². The Bertz CT molecular complexity index is 2770. The molecule has 0 amide bonds. The highest BCUT2D eigenvalue weighted by Gasteiger charge is 2.24. The molecule has 1 N–H and O–H groups in total. The van der Waals surface area contributed by atoms with Gasteiger partial charge in [0.15, 0.2) is 5.84 Å². The molecule has 0 radical (unpaired) electrons. The summed E-state index contributed by atoms with van der Waals surface area (Å²) in [6.45, 7) is 0. The second kappa shape index (κ2) is 11.5. The minimum absolute atomic E-state index is 0.336. The van der Waals surface area contributed by atoms with Crippen LogP contribution in [-0.4, -0.2) is 11.7 Å². The molecular formula is C45H29N3O2. The third-order valence-electron chi connectivity index (χ3n) is 9.57. The first kappa shape index (κ1) is 28.3. The van der Waals surface area contributed by atoms with E-state index in [0.717, 1.165) is 83.1 Å². The van der Waals surface area contributed by atoms with Crippen LogP contribution in [0.3, 0.4) is 0 Å². The monoisotopic (exact) mass is 643 g/mol. The van der Waals surface area contributed by atoms with E-state index in [4.69, 9.17) is 18.8 Å². The van der Waals surface area contributed by atoms with Gasteiger partial charge in [0.2, 0.25) is 0 Å². The van der Waals surface area contributed by atoms with E-state index >= 15 is 0 Å². The molecule has 9 aromatic rings. The third-order valence-corrected chi connectivity index (χ3v) is 9.57. The summed E-state index contributed by atoms with van der Waals surface area (Å²) in [6.07, 6.45) is -0.336. The summed E-state index contributed by atoms with van der Waals surface area (Å²) in [5, 5.41) is 7.81. The van der Waals surface area contributed by atoms with Crippen LogP contribution in [0.5, 0.6) is 0 Å². The Morgan fingerprint density at radius 3 is 1.94 bits per heavy atom. The Morgan fingerprint density at radius 1 is 0.460 bits per heavy atom. The SMILES string of the molecule is c1ccc(C2=NC(c3cccc4oc5ccc(-c6cccc7c6oc6ccccc67)cc5c34)=NC(c3ccc(-c4ccccc4)cc3)N2)cc1. The smallest absolute Gasteiger partial charge is 0.160 e. The predicted octanol–water partition coefficient (Wildman–Crippen LogP) is 11.3. The molecule has 10 rings (SSSR count). The first-order valence-electron chi connectivity index (χ1n) is 16.8. The number of fused-ring (bicyclic) bond motifs is 6. The molecule has 236 valence electrons. The number of hydrogen-bond acceptors (Lipinski definition) is 5. The van der Waals surface area contributed by atoms with Gasteiger partial charge in [-0.1, -0.05) is 140 Å². The van der Waals surface area contributed by atoms with Crippen molar-refractivity contribution in [2.24, 2.45) is 9.98 Å². The average molecular weight is 644 g/mol. The number of hydrogen-bond donors (Lipinski definition) is 1. The van der Waals surface area contributed by atoms with E-state index in [1.165, 1.54) is 5.56 Å². The van der Waals surface area contributed by atoms with Gasteiger partial charge in [0.1, 0.15) is 34.3 Å². The van der Waals surface area contributed by atoms with Crippen LogP contribution in [0, 0.1) is 0 Å². The van der Waals surface area contributed by atoms with Crippen molar-refractivity contribution in [3.05, 3.63) is 180 Å². The van der Waals surface area contributed by atoms with Gasteiger partial charge in [0, 0.05) is 38.2 Å². The van der Waals surface area contributed by atoms with Crippen molar-refractivity contribution < 1.29 is 8.83 Å². The van der Waals surface area contributed by atoms with Crippen LogP contribution >= 0.6 is 0 Å². The Labute approximate surface area is 287 Å². The van der Waals surface area contributed by atoms with E-state index in [9.17, 15) is 0 Å². The Kier molecular flexibility index (Phi) is 6.49. The van der Waals surface area contributed by atoms with Crippen molar-refractivity contribution >= 4 is 55.5 Å². The number of aliphatic imine (C=N–C) groups is 2. The Hall–Kier alpha value is -6.72. The summed E-state index contributed by atoms with van der Waals surface area (Å²) in [4.78, 5) is 10.4. The minimum atomic E-state index is -0.336. The summed E-state index contributed by atoms with van der Waals surface area (Å²) in [5.41, 5.74) is 10.8. The topological polar surface area (TPSA) is 63.0 Å². The second-order valence-corrected chi connectivity index (χ2v) is 12.6. The highest BCUT2D eigenvalue weighted by atomic mass is 16.3. The fourth-order valence-electron chi connectivity index (χ4n) is 7.13. The van der Waals surface area contributed by atoms with Gasteiger partial charge >= 0.3 is 0 Å². The van der Waals surface area contributed by atoms with Crippen LogP contribution in [0.25, 0.3) is 66.1 Å². The summed E-state index contributed by atoms with van der Waals surface area (Å²) in [5.74, 6) is 1.42. The van der Waals surface area contributed by atoms with E-state index in [1.807, 2.05) is 48.5 Å². The minimum Gasteiger partial charge on any atom is -0.456 e. The van der Waals surface area contributed by atoms with Crippen molar-refractivity contribution in [2.45, 2.75) is 6.17 Å². The highest BCUT2D eigenvalue weighted by molar-refractivity contribution is 6.22. The molecule has 0 fully saturated rings. The summed E-state index contributed by atoms with van der Waals surface area (Å²) in [7, 11) is 0. The van der Waals surface area contributed by atoms with E-state index < -0.39 is 0 Å². The molecule has 5 heteroatoms. The zero-order chi connectivity index (χ0) is 33.0.